The van der Waals surface area contributed by atoms with Gasteiger partial charge >= 0.3 is 0 Å². The minimum absolute atomic E-state index is 0.0476. The van der Waals surface area contributed by atoms with E-state index in [-0.39, 0.29) is 24.5 Å². The van der Waals surface area contributed by atoms with Crippen molar-refractivity contribution in [1.82, 2.24) is 19.8 Å². The van der Waals surface area contributed by atoms with Gasteiger partial charge in [-0.2, -0.15) is 0 Å². The van der Waals surface area contributed by atoms with Gasteiger partial charge in [0, 0.05) is 51.4 Å². The van der Waals surface area contributed by atoms with E-state index in [2.05, 4.69) is 27.3 Å². The maximum absolute atomic E-state index is 12.3. The van der Waals surface area contributed by atoms with Crippen LogP contribution in [0.15, 0.2) is 42.9 Å². The first-order valence-corrected chi connectivity index (χ1v) is 7.81. The zero-order valence-corrected chi connectivity index (χ0v) is 13.2. The van der Waals surface area contributed by atoms with Crippen molar-refractivity contribution in [2.45, 2.75) is 12.6 Å². The molecule has 2 N–H and O–H groups in total. The summed E-state index contributed by atoms with van der Waals surface area (Å²) in [4.78, 5) is 18.6. The van der Waals surface area contributed by atoms with Crippen molar-refractivity contribution in [3.63, 3.8) is 0 Å². The fourth-order valence-electron chi connectivity index (χ4n) is 3.05. The maximum Gasteiger partial charge on any atom is 0.271 e. The molecule has 1 amide bonds. The van der Waals surface area contributed by atoms with Gasteiger partial charge in [-0.3, -0.25) is 9.69 Å². The number of benzene rings is 1. The van der Waals surface area contributed by atoms with Crippen molar-refractivity contribution in [2.75, 3.05) is 19.7 Å². The summed E-state index contributed by atoms with van der Waals surface area (Å²) in [6, 6.07) is 10.2. The van der Waals surface area contributed by atoms with Crippen LogP contribution < -0.4 is 5.32 Å². The van der Waals surface area contributed by atoms with Gasteiger partial charge in [-0.25, -0.2) is 4.98 Å². The largest absolute Gasteiger partial charge is 0.396 e. The van der Waals surface area contributed by atoms with Gasteiger partial charge in [-0.05, 0) is 5.56 Å². The summed E-state index contributed by atoms with van der Waals surface area (Å²) in [5, 5.41) is 12.6. The van der Waals surface area contributed by atoms with Crippen molar-refractivity contribution in [3.8, 4) is 0 Å². The summed E-state index contributed by atoms with van der Waals surface area (Å²) in [5.74, 6) is -0.137. The molecule has 0 saturated carbocycles. The minimum atomic E-state index is -0.185. The number of aliphatic hydroxyl groups is 1. The summed E-state index contributed by atoms with van der Waals surface area (Å²) in [7, 11) is 1.83. The van der Waals surface area contributed by atoms with E-state index in [1.807, 2.05) is 25.2 Å². The van der Waals surface area contributed by atoms with Crippen molar-refractivity contribution in [1.29, 1.82) is 0 Å². The molecule has 3 rings (SSSR count). The van der Waals surface area contributed by atoms with Crippen LogP contribution in [0.5, 0.6) is 0 Å². The number of carbonyl (C=O) groups is 1. The molecule has 1 saturated heterocycles. The number of rotatable bonds is 5. The van der Waals surface area contributed by atoms with E-state index in [9.17, 15) is 9.90 Å². The van der Waals surface area contributed by atoms with E-state index < -0.39 is 0 Å². The lowest BCUT2D eigenvalue weighted by Gasteiger charge is -2.17. The number of nitrogens with zero attached hydrogens (tertiary/aromatic N) is 3. The highest BCUT2D eigenvalue weighted by Crippen LogP contribution is 2.19. The van der Waals surface area contributed by atoms with Crippen LogP contribution in [-0.2, 0) is 13.6 Å². The average Bonchev–Trinajstić information content (AvgIpc) is 3.14. The lowest BCUT2D eigenvalue weighted by atomic mass is 10.1. The fraction of sp³-hybridized carbons (Fsp3) is 0.412. The van der Waals surface area contributed by atoms with Crippen molar-refractivity contribution < 1.29 is 9.90 Å². The molecule has 122 valence electrons. The first kappa shape index (κ1) is 15.7. The van der Waals surface area contributed by atoms with Crippen LogP contribution in [0.4, 0.5) is 0 Å². The zero-order valence-electron chi connectivity index (χ0n) is 13.2. The highest BCUT2D eigenvalue weighted by atomic mass is 16.3. The SMILES string of the molecule is Cn1cnc(C(=O)N[C@@H]2CN(Cc3ccccc3)C[C@H]2CO)c1. The summed E-state index contributed by atoms with van der Waals surface area (Å²) >= 11 is 0. The molecule has 2 aromatic rings. The molecule has 0 radical (unpaired) electrons. The van der Waals surface area contributed by atoms with E-state index >= 15 is 0 Å². The number of nitrogens with one attached hydrogen (secondary N) is 1. The Kier molecular flexibility index (Phi) is 4.73. The number of aliphatic hydroxyl groups excluding tert-OH is 1. The van der Waals surface area contributed by atoms with Crippen molar-refractivity contribution in [3.05, 3.63) is 54.1 Å². The van der Waals surface area contributed by atoms with Crippen LogP contribution in [0.1, 0.15) is 16.1 Å². The van der Waals surface area contributed by atoms with Gasteiger partial charge in [0.25, 0.3) is 5.91 Å². The number of imidazole rings is 1. The van der Waals surface area contributed by atoms with Gasteiger partial charge in [-0.1, -0.05) is 30.3 Å². The van der Waals surface area contributed by atoms with Crippen molar-refractivity contribution >= 4 is 5.91 Å². The molecule has 0 spiro atoms. The Morgan fingerprint density at radius 1 is 1.35 bits per heavy atom. The summed E-state index contributed by atoms with van der Waals surface area (Å²) in [6.07, 6.45) is 3.30. The average molecular weight is 314 g/mol. The Labute approximate surface area is 135 Å². The van der Waals surface area contributed by atoms with Crippen LogP contribution in [0.3, 0.4) is 0 Å². The molecule has 1 aromatic heterocycles. The second kappa shape index (κ2) is 6.93. The van der Waals surface area contributed by atoms with Gasteiger partial charge in [0.05, 0.1) is 6.33 Å². The lowest BCUT2D eigenvalue weighted by Crippen LogP contribution is -2.41. The second-order valence-corrected chi connectivity index (χ2v) is 6.13. The van der Waals surface area contributed by atoms with E-state index in [0.717, 1.165) is 19.6 Å². The van der Waals surface area contributed by atoms with Gasteiger partial charge in [0.1, 0.15) is 5.69 Å². The number of hydrogen-bond donors (Lipinski definition) is 2. The molecule has 2 atom stereocenters. The maximum atomic E-state index is 12.3. The molecule has 23 heavy (non-hydrogen) atoms. The van der Waals surface area contributed by atoms with E-state index in [4.69, 9.17) is 0 Å². The third-order valence-electron chi connectivity index (χ3n) is 4.25. The first-order valence-electron chi connectivity index (χ1n) is 7.81. The summed E-state index contributed by atoms with van der Waals surface area (Å²) in [5.41, 5.74) is 1.64. The molecule has 0 bridgehead atoms. The van der Waals surface area contributed by atoms with Gasteiger partial charge < -0.3 is 15.0 Å². The van der Waals surface area contributed by atoms with E-state index in [0.29, 0.717) is 5.69 Å². The standard InChI is InChI=1S/C17H22N4O2/c1-20-9-16(18-12-20)17(23)19-15-10-21(8-14(15)11-22)7-13-5-3-2-4-6-13/h2-6,9,12,14-15,22H,7-8,10-11H2,1H3,(H,19,23)/t14-,15+/m0/s1. The number of carbonyl (C=O) groups excluding carboxylic acids is 1. The number of hydrogen-bond acceptors (Lipinski definition) is 4. The minimum Gasteiger partial charge on any atom is -0.396 e. The Morgan fingerprint density at radius 2 is 2.13 bits per heavy atom. The summed E-state index contributed by atoms with van der Waals surface area (Å²) in [6.45, 7) is 2.41. The monoisotopic (exact) mass is 314 g/mol. The quantitative estimate of drug-likeness (QED) is 0.850. The Morgan fingerprint density at radius 3 is 2.78 bits per heavy atom. The number of aromatic nitrogens is 2. The highest BCUT2D eigenvalue weighted by molar-refractivity contribution is 5.92. The number of aryl methyl sites for hydroxylation is 1. The van der Waals surface area contributed by atoms with E-state index in [1.54, 1.807) is 17.1 Å². The van der Waals surface area contributed by atoms with Crippen molar-refractivity contribution in [2.24, 2.45) is 13.0 Å². The highest BCUT2D eigenvalue weighted by Gasteiger charge is 2.33. The first-order chi connectivity index (χ1) is 11.2. The predicted octanol–water partition coefficient (Wildman–Crippen LogP) is 0.643. The Hall–Kier alpha value is -2.18. The number of likely N-dealkylation sites (tertiary alicyclic amines) is 1. The third kappa shape index (κ3) is 3.78. The molecule has 1 aromatic carbocycles. The molecule has 1 aliphatic heterocycles. The third-order valence-corrected chi connectivity index (χ3v) is 4.25. The van der Waals surface area contributed by atoms with Crippen LogP contribution in [-0.4, -0.2) is 51.2 Å². The van der Waals surface area contributed by atoms with E-state index in [1.165, 1.54) is 5.56 Å². The molecule has 2 heterocycles. The van der Waals surface area contributed by atoms with Crippen LogP contribution >= 0.6 is 0 Å². The van der Waals surface area contributed by atoms with Gasteiger partial charge in [0.2, 0.25) is 0 Å². The van der Waals surface area contributed by atoms with Gasteiger partial charge in [-0.15, -0.1) is 0 Å². The second-order valence-electron chi connectivity index (χ2n) is 6.13. The fourth-order valence-corrected chi connectivity index (χ4v) is 3.05. The molecule has 6 heteroatoms. The van der Waals surface area contributed by atoms with Crippen LogP contribution in [0, 0.1) is 5.92 Å². The molecule has 0 aliphatic carbocycles. The smallest absolute Gasteiger partial charge is 0.271 e. The molecular formula is C17H22N4O2. The Balaban J connectivity index is 1.61. The molecule has 0 unspecified atom stereocenters. The molecule has 6 nitrogen and oxygen atoms in total. The summed E-state index contributed by atoms with van der Waals surface area (Å²) < 4.78 is 1.74. The molecular weight excluding hydrogens is 292 g/mol. The predicted molar refractivity (Wildman–Crippen MR) is 86.8 cm³/mol. The zero-order chi connectivity index (χ0) is 16.2. The normalized spacial score (nSPS) is 21.5. The van der Waals surface area contributed by atoms with Crippen LogP contribution in [0.2, 0.25) is 0 Å². The number of amides is 1. The van der Waals surface area contributed by atoms with Gasteiger partial charge in [0.15, 0.2) is 0 Å². The van der Waals surface area contributed by atoms with Crippen LogP contribution in [0.25, 0.3) is 0 Å². The molecule has 1 aliphatic rings. The molecule has 1 fully saturated rings. The lowest BCUT2D eigenvalue weighted by molar-refractivity contribution is 0.0916. The topological polar surface area (TPSA) is 70.4 Å². The Bertz CT molecular complexity index is 656.